The molecule has 0 aliphatic heterocycles. The lowest BCUT2D eigenvalue weighted by molar-refractivity contribution is -0.384. The lowest BCUT2D eigenvalue weighted by Gasteiger charge is -2.01. The number of rotatable bonds is 3. The van der Waals surface area contributed by atoms with Crippen molar-refractivity contribution in [2.45, 2.75) is 6.42 Å². The van der Waals surface area contributed by atoms with Gasteiger partial charge in [0.1, 0.15) is 5.65 Å². The van der Waals surface area contributed by atoms with Gasteiger partial charge in [0, 0.05) is 23.9 Å². The van der Waals surface area contributed by atoms with E-state index in [1.54, 1.807) is 12.1 Å². The Morgan fingerprint density at radius 2 is 2.00 bits per heavy atom. The van der Waals surface area contributed by atoms with Crippen LogP contribution in [0.2, 0.25) is 0 Å². The third kappa shape index (κ3) is 2.21. The van der Waals surface area contributed by atoms with Gasteiger partial charge in [0.15, 0.2) is 0 Å². The van der Waals surface area contributed by atoms with Crippen LogP contribution in [0.25, 0.3) is 16.9 Å². The number of hydrogen-bond acceptors (Lipinski definition) is 4. The molecule has 0 bridgehead atoms. The third-order valence-corrected chi connectivity index (χ3v) is 3.23. The molecule has 3 aromatic rings. The Bertz CT molecular complexity index is 860. The SMILES string of the molecule is N#CCc1c(-c2ccc([N+](=O)[O-])cc2)nc2ccccn12. The number of hydrogen-bond donors (Lipinski definition) is 0. The van der Waals surface area contributed by atoms with Crippen molar-refractivity contribution in [3.05, 3.63) is 64.5 Å². The zero-order valence-corrected chi connectivity index (χ0v) is 10.9. The Kier molecular flexibility index (Phi) is 3.09. The number of aromatic nitrogens is 2. The topological polar surface area (TPSA) is 84.2 Å². The number of nitrogens with zero attached hydrogens (tertiary/aromatic N) is 4. The van der Waals surface area contributed by atoms with Gasteiger partial charge in [-0.25, -0.2) is 4.98 Å². The molecule has 21 heavy (non-hydrogen) atoms. The highest BCUT2D eigenvalue weighted by Crippen LogP contribution is 2.26. The van der Waals surface area contributed by atoms with Crippen LogP contribution in [0.5, 0.6) is 0 Å². The van der Waals surface area contributed by atoms with E-state index in [1.165, 1.54) is 12.1 Å². The molecule has 0 unspecified atom stereocenters. The molecule has 6 heteroatoms. The third-order valence-electron chi connectivity index (χ3n) is 3.23. The maximum Gasteiger partial charge on any atom is 0.269 e. The van der Waals surface area contributed by atoms with Crippen LogP contribution in [0.1, 0.15) is 5.69 Å². The Morgan fingerprint density at radius 1 is 1.24 bits per heavy atom. The van der Waals surface area contributed by atoms with Crippen molar-refractivity contribution in [1.82, 2.24) is 9.38 Å². The van der Waals surface area contributed by atoms with E-state index in [0.29, 0.717) is 5.69 Å². The van der Waals surface area contributed by atoms with Gasteiger partial charge in [-0.3, -0.25) is 10.1 Å². The molecule has 0 N–H and O–H groups in total. The fourth-order valence-corrected chi connectivity index (χ4v) is 2.26. The molecule has 0 saturated heterocycles. The molecule has 0 saturated carbocycles. The smallest absolute Gasteiger partial charge is 0.269 e. The summed E-state index contributed by atoms with van der Waals surface area (Å²) in [6.45, 7) is 0. The van der Waals surface area contributed by atoms with E-state index < -0.39 is 4.92 Å². The van der Waals surface area contributed by atoms with Gasteiger partial charge in [0.2, 0.25) is 0 Å². The second-order valence-corrected chi connectivity index (χ2v) is 4.47. The van der Waals surface area contributed by atoms with Gasteiger partial charge in [-0.05, 0) is 24.3 Å². The van der Waals surface area contributed by atoms with Crippen molar-refractivity contribution in [3.8, 4) is 17.3 Å². The van der Waals surface area contributed by atoms with Crippen LogP contribution in [0, 0.1) is 21.4 Å². The summed E-state index contributed by atoms with van der Waals surface area (Å²) >= 11 is 0. The minimum atomic E-state index is -0.441. The summed E-state index contributed by atoms with van der Waals surface area (Å²) in [5.41, 5.74) is 3.00. The highest BCUT2D eigenvalue weighted by atomic mass is 16.6. The van der Waals surface area contributed by atoms with Crippen LogP contribution in [0.3, 0.4) is 0 Å². The van der Waals surface area contributed by atoms with E-state index in [1.807, 2.05) is 28.8 Å². The zero-order chi connectivity index (χ0) is 14.8. The molecule has 0 radical (unpaired) electrons. The lowest BCUT2D eigenvalue weighted by atomic mass is 10.1. The fraction of sp³-hybridized carbons (Fsp3) is 0.0667. The zero-order valence-electron chi connectivity index (χ0n) is 10.9. The Balaban J connectivity index is 2.17. The molecule has 6 nitrogen and oxygen atoms in total. The highest BCUT2D eigenvalue weighted by molar-refractivity contribution is 5.68. The molecular weight excluding hydrogens is 268 g/mol. The van der Waals surface area contributed by atoms with Crippen molar-refractivity contribution in [2.75, 3.05) is 0 Å². The van der Waals surface area contributed by atoms with Crippen molar-refractivity contribution in [3.63, 3.8) is 0 Å². The van der Waals surface area contributed by atoms with Gasteiger partial charge in [-0.15, -0.1) is 0 Å². The van der Waals surface area contributed by atoms with Crippen molar-refractivity contribution in [1.29, 1.82) is 5.26 Å². The van der Waals surface area contributed by atoms with Gasteiger partial charge in [0.25, 0.3) is 5.69 Å². The molecule has 0 spiro atoms. The standard InChI is InChI=1S/C15H10N4O2/c16-9-8-13-15(17-14-3-1-2-10-18(13)14)11-4-6-12(7-5-11)19(20)21/h1-7,10H,8H2. The summed E-state index contributed by atoms with van der Waals surface area (Å²) in [5.74, 6) is 0. The predicted octanol–water partition coefficient (Wildman–Crippen LogP) is 2.98. The number of nitriles is 1. The molecule has 0 aliphatic rings. The van der Waals surface area contributed by atoms with Gasteiger partial charge < -0.3 is 4.40 Å². The lowest BCUT2D eigenvalue weighted by Crippen LogP contribution is -1.93. The number of fused-ring (bicyclic) bond motifs is 1. The highest BCUT2D eigenvalue weighted by Gasteiger charge is 2.14. The Labute approximate surface area is 120 Å². The van der Waals surface area contributed by atoms with E-state index >= 15 is 0 Å². The average molecular weight is 278 g/mol. The number of imidazole rings is 1. The first-order valence-electron chi connectivity index (χ1n) is 6.28. The minimum Gasteiger partial charge on any atom is -0.302 e. The number of benzene rings is 1. The van der Waals surface area contributed by atoms with Crippen molar-refractivity contribution < 1.29 is 4.92 Å². The van der Waals surface area contributed by atoms with Crippen LogP contribution >= 0.6 is 0 Å². The van der Waals surface area contributed by atoms with E-state index in [4.69, 9.17) is 5.26 Å². The Morgan fingerprint density at radius 3 is 2.67 bits per heavy atom. The van der Waals surface area contributed by atoms with E-state index in [2.05, 4.69) is 11.1 Å². The quantitative estimate of drug-likeness (QED) is 0.544. The number of pyridine rings is 1. The first-order chi connectivity index (χ1) is 10.2. The number of nitro groups is 1. The molecule has 102 valence electrons. The molecule has 2 heterocycles. The van der Waals surface area contributed by atoms with Crippen molar-refractivity contribution >= 4 is 11.3 Å². The Hall–Kier alpha value is -3.20. The molecular formula is C15H10N4O2. The summed E-state index contributed by atoms with van der Waals surface area (Å²) in [7, 11) is 0. The second-order valence-electron chi connectivity index (χ2n) is 4.47. The first-order valence-corrected chi connectivity index (χ1v) is 6.28. The van der Waals surface area contributed by atoms with E-state index in [9.17, 15) is 10.1 Å². The van der Waals surface area contributed by atoms with Gasteiger partial charge in [-0.2, -0.15) is 5.26 Å². The molecule has 0 amide bonds. The molecule has 0 atom stereocenters. The van der Waals surface area contributed by atoms with Crippen LogP contribution in [0.4, 0.5) is 5.69 Å². The van der Waals surface area contributed by atoms with E-state index in [-0.39, 0.29) is 12.1 Å². The van der Waals surface area contributed by atoms with Crippen LogP contribution in [-0.4, -0.2) is 14.3 Å². The second kappa shape index (κ2) is 5.06. The molecule has 0 fully saturated rings. The number of non-ortho nitro benzene ring substituents is 1. The van der Waals surface area contributed by atoms with E-state index in [0.717, 1.165) is 16.9 Å². The normalized spacial score (nSPS) is 10.4. The first kappa shape index (κ1) is 12.8. The largest absolute Gasteiger partial charge is 0.302 e. The molecule has 1 aromatic carbocycles. The summed E-state index contributed by atoms with van der Waals surface area (Å²) in [4.78, 5) is 14.8. The van der Waals surface area contributed by atoms with Crippen LogP contribution in [-0.2, 0) is 6.42 Å². The molecule has 3 rings (SSSR count). The van der Waals surface area contributed by atoms with Gasteiger partial charge >= 0.3 is 0 Å². The van der Waals surface area contributed by atoms with Gasteiger partial charge in [-0.1, -0.05) is 6.07 Å². The maximum absolute atomic E-state index is 10.7. The summed E-state index contributed by atoms with van der Waals surface area (Å²) in [5, 5.41) is 19.7. The monoisotopic (exact) mass is 278 g/mol. The number of nitro benzene ring substituents is 1. The molecule has 2 aromatic heterocycles. The average Bonchev–Trinajstić information content (AvgIpc) is 2.87. The molecule has 0 aliphatic carbocycles. The van der Waals surface area contributed by atoms with Gasteiger partial charge in [0.05, 0.1) is 28.8 Å². The summed E-state index contributed by atoms with van der Waals surface area (Å²) in [6.07, 6.45) is 2.07. The summed E-state index contributed by atoms with van der Waals surface area (Å²) in [6, 6.07) is 13.9. The van der Waals surface area contributed by atoms with Crippen LogP contribution < -0.4 is 0 Å². The minimum absolute atomic E-state index is 0.0318. The summed E-state index contributed by atoms with van der Waals surface area (Å²) < 4.78 is 1.86. The maximum atomic E-state index is 10.7. The van der Waals surface area contributed by atoms with Crippen molar-refractivity contribution in [2.24, 2.45) is 0 Å². The fourth-order valence-electron chi connectivity index (χ4n) is 2.26. The predicted molar refractivity (Wildman–Crippen MR) is 76.6 cm³/mol. The van der Waals surface area contributed by atoms with Crippen LogP contribution in [0.15, 0.2) is 48.7 Å².